The molecule has 6 heteroatoms. The molecule has 1 atom stereocenters. The van der Waals surface area contributed by atoms with Gasteiger partial charge in [-0.3, -0.25) is 9.78 Å². The molecule has 144 valence electrons. The van der Waals surface area contributed by atoms with Crippen LogP contribution in [0, 0.1) is 0 Å². The van der Waals surface area contributed by atoms with Crippen LogP contribution in [-0.2, 0) is 0 Å². The van der Waals surface area contributed by atoms with E-state index in [0.29, 0.717) is 36.2 Å². The molecule has 28 heavy (non-hydrogen) atoms. The highest BCUT2D eigenvalue weighted by molar-refractivity contribution is 6.30. The highest BCUT2D eigenvalue weighted by Crippen LogP contribution is 2.30. The SMILES string of the molecule is CCOc1ncc(Cl)cc1C(=O)N1CCCC(c2cc3ccccc3cn2)C1. The standard InChI is InChI=1S/C22H22ClN3O2/c1-2-28-21-19(11-18(23)13-25-21)22(27)26-9-5-8-17(14-26)20-10-15-6-3-4-7-16(15)12-24-20/h3-4,6-7,10-13,17H,2,5,8-9,14H2,1H3. The molecule has 1 aliphatic heterocycles. The van der Waals surface area contributed by atoms with Gasteiger partial charge in [-0.15, -0.1) is 0 Å². The molecule has 4 rings (SSSR count). The first-order valence-electron chi connectivity index (χ1n) is 9.58. The summed E-state index contributed by atoms with van der Waals surface area (Å²) in [6.07, 6.45) is 5.37. The van der Waals surface area contributed by atoms with Crippen LogP contribution in [0.2, 0.25) is 5.02 Å². The van der Waals surface area contributed by atoms with Crippen molar-refractivity contribution in [3.63, 3.8) is 0 Å². The number of pyridine rings is 2. The molecule has 0 radical (unpaired) electrons. The van der Waals surface area contributed by atoms with Crippen LogP contribution in [0.15, 0.2) is 48.8 Å². The summed E-state index contributed by atoms with van der Waals surface area (Å²) in [6.45, 7) is 3.65. The van der Waals surface area contributed by atoms with Crippen LogP contribution in [0.4, 0.5) is 0 Å². The van der Waals surface area contributed by atoms with Crippen molar-refractivity contribution < 1.29 is 9.53 Å². The molecule has 2 aromatic heterocycles. The number of rotatable bonds is 4. The first kappa shape index (κ1) is 18.7. The molecule has 1 saturated heterocycles. The fourth-order valence-electron chi connectivity index (χ4n) is 3.73. The lowest BCUT2D eigenvalue weighted by Crippen LogP contribution is -2.39. The summed E-state index contributed by atoms with van der Waals surface area (Å²) >= 11 is 6.08. The predicted molar refractivity (Wildman–Crippen MR) is 110 cm³/mol. The number of benzene rings is 1. The average Bonchev–Trinajstić information content (AvgIpc) is 2.74. The van der Waals surface area contributed by atoms with Crippen LogP contribution in [0.1, 0.15) is 41.7 Å². The van der Waals surface area contributed by atoms with Crippen LogP contribution in [-0.4, -0.2) is 40.5 Å². The van der Waals surface area contributed by atoms with Crippen LogP contribution in [0.25, 0.3) is 10.8 Å². The second kappa shape index (κ2) is 8.15. The van der Waals surface area contributed by atoms with Gasteiger partial charge in [-0.05, 0) is 37.3 Å². The Kier molecular flexibility index (Phi) is 5.44. The summed E-state index contributed by atoms with van der Waals surface area (Å²) < 4.78 is 5.53. The quantitative estimate of drug-likeness (QED) is 0.642. The van der Waals surface area contributed by atoms with Gasteiger partial charge in [0.1, 0.15) is 5.56 Å². The number of fused-ring (bicyclic) bond motifs is 1. The van der Waals surface area contributed by atoms with Crippen LogP contribution >= 0.6 is 11.6 Å². The lowest BCUT2D eigenvalue weighted by molar-refractivity contribution is 0.0701. The summed E-state index contributed by atoms with van der Waals surface area (Å²) in [5.41, 5.74) is 1.45. The fourth-order valence-corrected chi connectivity index (χ4v) is 3.89. The van der Waals surface area contributed by atoms with E-state index in [4.69, 9.17) is 16.3 Å². The molecule has 3 aromatic rings. The second-order valence-electron chi connectivity index (χ2n) is 6.99. The smallest absolute Gasteiger partial charge is 0.259 e. The van der Waals surface area contributed by atoms with Gasteiger partial charge in [-0.25, -0.2) is 4.98 Å². The second-order valence-corrected chi connectivity index (χ2v) is 7.42. The molecule has 5 nitrogen and oxygen atoms in total. The van der Waals surface area contributed by atoms with E-state index < -0.39 is 0 Å². The summed E-state index contributed by atoms with van der Waals surface area (Å²) in [5.74, 6) is 0.455. The first-order chi connectivity index (χ1) is 13.7. The fraction of sp³-hybridized carbons (Fsp3) is 0.318. The average molecular weight is 396 g/mol. The number of hydrogen-bond donors (Lipinski definition) is 0. The molecule has 0 saturated carbocycles. The van der Waals surface area contributed by atoms with Crippen molar-refractivity contribution in [1.82, 2.24) is 14.9 Å². The molecular weight excluding hydrogens is 374 g/mol. The predicted octanol–water partition coefficient (Wildman–Crippen LogP) is 4.70. The number of halogens is 1. The Balaban J connectivity index is 1.58. The largest absolute Gasteiger partial charge is 0.477 e. The van der Waals surface area contributed by atoms with Crippen molar-refractivity contribution in [3.8, 4) is 5.88 Å². The van der Waals surface area contributed by atoms with Gasteiger partial charge in [-0.2, -0.15) is 0 Å². The third-order valence-electron chi connectivity index (χ3n) is 5.11. The van der Waals surface area contributed by atoms with E-state index in [1.807, 2.05) is 30.2 Å². The third kappa shape index (κ3) is 3.80. The zero-order chi connectivity index (χ0) is 19.5. The molecule has 1 aliphatic rings. The number of amides is 1. The number of hydrogen-bond acceptors (Lipinski definition) is 4. The molecule has 0 aliphatic carbocycles. The molecule has 3 heterocycles. The Bertz CT molecular complexity index is 1010. The minimum absolute atomic E-state index is 0.0936. The molecule has 1 unspecified atom stereocenters. The van der Waals surface area contributed by atoms with Gasteiger partial charge in [0.25, 0.3) is 5.91 Å². The van der Waals surface area contributed by atoms with E-state index in [2.05, 4.69) is 28.2 Å². The van der Waals surface area contributed by atoms with Crippen molar-refractivity contribution in [2.75, 3.05) is 19.7 Å². The van der Waals surface area contributed by atoms with Crippen LogP contribution in [0.3, 0.4) is 0 Å². The van der Waals surface area contributed by atoms with Crippen molar-refractivity contribution in [2.45, 2.75) is 25.7 Å². The maximum atomic E-state index is 13.2. The minimum Gasteiger partial charge on any atom is -0.477 e. The number of aromatic nitrogens is 2. The van der Waals surface area contributed by atoms with E-state index in [-0.39, 0.29) is 11.8 Å². The topological polar surface area (TPSA) is 55.3 Å². The molecule has 0 spiro atoms. The zero-order valence-electron chi connectivity index (χ0n) is 15.8. The molecule has 0 bridgehead atoms. The van der Waals surface area contributed by atoms with Gasteiger partial charge in [-0.1, -0.05) is 35.9 Å². The Morgan fingerprint density at radius 3 is 2.86 bits per heavy atom. The maximum Gasteiger partial charge on any atom is 0.259 e. The normalized spacial score (nSPS) is 16.9. The van der Waals surface area contributed by atoms with E-state index in [1.165, 1.54) is 11.6 Å². The van der Waals surface area contributed by atoms with E-state index in [1.54, 1.807) is 6.07 Å². The third-order valence-corrected chi connectivity index (χ3v) is 5.31. The Morgan fingerprint density at radius 1 is 1.21 bits per heavy atom. The van der Waals surface area contributed by atoms with Gasteiger partial charge >= 0.3 is 0 Å². The summed E-state index contributed by atoms with van der Waals surface area (Å²) in [6, 6.07) is 12.0. The van der Waals surface area contributed by atoms with Crippen LogP contribution in [0.5, 0.6) is 5.88 Å². The van der Waals surface area contributed by atoms with Gasteiger partial charge in [0, 0.05) is 42.5 Å². The number of carbonyl (C=O) groups is 1. The lowest BCUT2D eigenvalue weighted by atomic mass is 9.93. The molecule has 0 N–H and O–H groups in total. The van der Waals surface area contributed by atoms with E-state index >= 15 is 0 Å². The zero-order valence-corrected chi connectivity index (χ0v) is 16.5. The summed E-state index contributed by atoms with van der Waals surface area (Å²) in [4.78, 5) is 23.9. The van der Waals surface area contributed by atoms with Crippen LogP contribution < -0.4 is 4.74 Å². The van der Waals surface area contributed by atoms with Gasteiger partial charge in [0.2, 0.25) is 5.88 Å². The minimum atomic E-state index is -0.0936. The number of ether oxygens (including phenoxy) is 1. The summed E-state index contributed by atoms with van der Waals surface area (Å²) in [7, 11) is 0. The number of carbonyl (C=O) groups excluding carboxylic acids is 1. The Labute approximate surface area is 169 Å². The van der Waals surface area contributed by atoms with Gasteiger partial charge in [0.15, 0.2) is 0 Å². The Hall–Kier alpha value is -2.66. The lowest BCUT2D eigenvalue weighted by Gasteiger charge is -2.33. The highest BCUT2D eigenvalue weighted by Gasteiger charge is 2.28. The monoisotopic (exact) mass is 395 g/mol. The number of piperidine rings is 1. The molecule has 1 amide bonds. The number of likely N-dealkylation sites (tertiary alicyclic amines) is 1. The first-order valence-corrected chi connectivity index (χ1v) is 9.96. The van der Waals surface area contributed by atoms with Gasteiger partial charge < -0.3 is 9.64 Å². The Morgan fingerprint density at radius 2 is 2.04 bits per heavy atom. The molecule has 1 aromatic carbocycles. The van der Waals surface area contributed by atoms with Crippen molar-refractivity contribution in [3.05, 3.63) is 65.1 Å². The van der Waals surface area contributed by atoms with E-state index in [9.17, 15) is 4.79 Å². The maximum absolute atomic E-state index is 13.2. The highest BCUT2D eigenvalue weighted by atomic mass is 35.5. The van der Waals surface area contributed by atoms with Crippen molar-refractivity contribution in [2.24, 2.45) is 0 Å². The molecule has 1 fully saturated rings. The van der Waals surface area contributed by atoms with Gasteiger partial charge in [0.05, 0.1) is 11.6 Å². The number of nitrogens with zero attached hydrogens (tertiary/aromatic N) is 3. The summed E-state index contributed by atoms with van der Waals surface area (Å²) in [5, 5.41) is 2.73. The van der Waals surface area contributed by atoms with E-state index in [0.717, 1.165) is 23.9 Å². The molecular formula is C22H22ClN3O2. The van der Waals surface area contributed by atoms with Crippen molar-refractivity contribution >= 4 is 28.3 Å². The van der Waals surface area contributed by atoms with Crippen molar-refractivity contribution in [1.29, 1.82) is 0 Å².